The molecule has 0 bridgehead atoms. The van der Waals surface area contributed by atoms with Gasteiger partial charge < -0.3 is 14.5 Å². The van der Waals surface area contributed by atoms with E-state index in [-0.39, 0.29) is 12.5 Å². The van der Waals surface area contributed by atoms with Crippen LogP contribution in [-0.4, -0.2) is 64.8 Å². The van der Waals surface area contributed by atoms with Gasteiger partial charge in [-0.25, -0.2) is 8.42 Å². The highest BCUT2D eigenvalue weighted by Crippen LogP contribution is 2.32. The molecule has 0 spiro atoms. The van der Waals surface area contributed by atoms with Crippen molar-refractivity contribution in [2.45, 2.75) is 13.1 Å². The summed E-state index contributed by atoms with van der Waals surface area (Å²) in [4.78, 5) is 15.9. The summed E-state index contributed by atoms with van der Waals surface area (Å²) in [6.07, 6.45) is -3.27. The Morgan fingerprint density at radius 2 is 1.70 bits per heavy atom. The highest BCUT2D eigenvalue weighted by Gasteiger charge is 2.31. The van der Waals surface area contributed by atoms with Crippen molar-refractivity contribution in [1.29, 1.82) is 0 Å². The number of benzene rings is 2. The lowest BCUT2D eigenvalue weighted by atomic mass is 10.1. The lowest BCUT2D eigenvalue weighted by Gasteiger charge is -2.36. The molecule has 180 valence electrons. The predicted octanol–water partition coefficient (Wildman–Crippen LogP) is 3.22. The third kappa shape index (κ3) is 6.31. The maximum atomic E-state index is 12.9. The van der Waals surface area contributed by atoms with E-state index in [0.717, 1.165) is 18.4 Å². The van der Waals surface area contributed by atoms with E-state index in [0.29, 0.717) is 49.8 Å². The molecule has 11 heteroatoms. The molecule has 0 aliphatic carbocycles. The Morgan fingerprint density at radius 1 is 1.06 bits per heavy atom. The Bertz CT molecular complexity index is 1070. The molecule has 1 aliphatic heterocycles. The summed E-state index contributed by atoms with van der Waals surface area (Å²) < 4.78 is 69.2. The van der Waals surface area contributed by atoms with Gasteiger partial charge in [0.15, 0.2) is 6.61 Å². The summed E-state index contributed by atoms with van der Waals surface area (Å²) in [7, 11) is -3.38. The number of carbonyl (C=O) groups excluding carboxylic acids is 1. The molecule has 0 unspecified atom stereocenters. The number of sulfonamides is 1. The van der Waals surface area contributed by atoms with Crippen LogP contribution in [0.5, 0.6) is 5.75 Å². The fraction of sp³-hybridized carbons (Fsp3) is 0.409. The van der Waals surface area contributed by atoms with E-state index in [1.54, 1.807) is 42.2 Å². The van der Waals surface area contributed by atoms with Gasteiger partial charge in [-0.3, -0.25) is 9.10 Å². The van der Waals surface area contributed by atoms with E-state index in [9.17, 15) is 26.4 Å². The number of alkyl halides is 3. The second-order valence-corrected chi connectivity index (χ2v) is 9.53. The lowest BCUT2D eigenvalue weighted by Crippen LogP contribution is -2.50. The third-order valence-corrected chi connectivity index (χ3v) is 6.62. The molecule has 0 aromatic heterocycles. The Morgan fingerprint density at radius 3 is 2.24 bits per heavy atom. The second kappa shape index (κ2) is 9.90. The first-order valence-electron chi connectivity index (χ1n) is 10.4. The Balaban J connectivity index is 1.52. The van der Waals surface area contributed by atoms with Gasteiger partial charge in [-0.2, -0.15) is 13.2 Å². The van der Waals surface area contributed by atoms with Gasteiger partial charge in [0.25, 0.3) is 5.91 Å². The van der Waals surface area contributed by atoms with Crippen LogP contribution in [0.25, 0.3) is 0 Å². The minimum atomic E-state index is -4.40. The molecule has 1 heterocycles. The van der Waals surface area contributed by atoms with Gasteiger partial charge in [-0.05, 0) is 49.4 Å². The molecule has 0 saturated carbocycles. The van der Waals surface area contributed by atoms with Crippen LogP contribution in [-0.2, 0) is 21.0 Å². The van der Waals surface area contributed by atoms with E-state index >= 15 is 0 Å². The fourth-order valence-electron chi connectivity index (χ4n) is 3.65. The van der Waals surface area contributed by atoms with Crippen molar-refractivity contribution in [2.75, 3.05) is 54.8 Å². The molecule has 1 fully saturated rings. The highest BCUT2D eigenvalue weighted by molar-refractivity contribution is 7.92. The van der Waals surface area contributed by atoms with Crippen LogP contribution in [0, 0.1) is 0 Å². The lowest BCUT2D eigenvalue weighted by molar-refractivity contribution is -0.137. The quantitative estimate of drug-likeness (QED) is 0.603. The molecular formula is C22H26F3N3O4S. The standard InChI is InChI=1S/C22H26F3N3O4S/c1-3-28(33(2,30)31)18-7-9-20(10-8-18)32-16-21(29)27-13-11-26(12-14-27)19-6-4-5-17(15-19)22(23,24)25/h4-10,15H,3,11-14,16H2,1-2H3. The summed E-state index contributed by atoms with van der Waals surface area (Å²) in [6.45, 7) is 3.42. The number of nitrogens with zero attached hydrogens (tertiary/aromatic N) is 3. The van der Waals surface area contributed by atoms with E-state index < -0.39 is 21.8 Å². The van der Waals surface area contributed by atoms with Crippen molar-refractivity contribution in [1.82, 2.24) is 4.90 Å². The van der Waals surface area contributed by atoms with Gasteiger partial charge in [0.2, 0.25) is 10.0 Å². The van der Waals surface area contributed by atoms with E-state index in [1.807, 2.05) is 4.90 Å². The van der Waals surface area contributed by atoms with Crippen molar-refractivity contribution in [2.24, 2.45) is 0 Å². The second-order valence-electron chi connectivity index (χ2n) is 7.63. The van der Waals surface area contributed by atoms with Crippen molar-refractivity contribution < 1.29 is 31.1 Å². The number of hydrogen-bond acceptors (Lipinski definition) is 5. The highest BCUT2D eigenvalue weighted by atomic mass is 32.2. The monoisotopic (exact) mass is 485 g/mol. The summed E-state index contributed by atoms with van der Waals surface area (Å²) >= 11 is 0. The number of anilines is 2. The SMILES string of the molecule is CCN(c1ccc(OCC(=O)N2CCN(c3cccc(C(F)(F)F)c3)CC2)cc1)S(C)(=O)=O. The molecule has 1 saturated heterocycles. The molecule has 0 radical (unpaired) electrons. The van der Waals surface area contributed by atoms with Crippen LogP contribution < -0.4 is 13.9 Å². The zero-order valence-corrected chi connectivity index (χ0v) is 19.2. The molecule has 7 nitrogen and oxygen atoms in total. The van der Waals surface area contributed by atoms with Gasteiger partial charge in [-0.1, -0.05) is 6.07 Å². The van der Waals surface area contributed by atoms with Crippen molar-refractivity contribution >= 4 is 27.3 Å². The van der Waals surface area contributed by atoms with Gasteiger partial charge in [0.1, 0.15) is 5.75 Å². The van der Waals surface area contributed by atoms with E-state index in [2.05, 4.69) is 0 Å². The van der Waals surface area contributed by atoms with E-state index in [1.165, 1.54) is 10.4 Å². The summed E-state index contributed by atoms with van der Waals surface area (Å²) in [6, 6.07) is 11.6. The zero-order chi connectivity index (χ0) is 24.2. The first-order chi connectivity index (χ1) is 15.5. The van der Waals surface area contributed by atoms with E-state index in [4.69, 9.17) is 4.74 Å². The van der Waals surface area contributed by atoms with Crippen molar-refractivity contribution in [3.8, 4) is 5.75 Å². The zero-order valence-electron chi connectivity index (χ0n) is 18.4. The van der Waals surface area contributed by atoms with Crippen molar-refractivity contribution in [3.05, 3.63) is 54.1 Å². The smallest absolute Gasteiger partial charge is 0.416 e. The third-order valence-electron chi connectivity index (χ3n) is 5.35. The summed E-state index contributed by atoms with van der Waals surface area (Å²) in [5.41, 5.74) is 0.282. The fourth-order valence-corrected chi connectivity index (χ4v) is 4.62. The Kier molecular flexibility index (Phi) is 7.41. The minimum Gasteiger partial charge on any atom is -0.484 e. The molecule has 33 heavy (non-hydrogen) atoms. The minimum absolute atomic E-state index is 0.188. The molecule has 0 atom stereocenters. The van der Waals surface area contributed by atoms with Gasteiger partial charge in [-0.15, -0.1) is 0 Å². The first kappa shape index (κ1) is 24.7. The maximum absolute atomic E-state index is 12.9. The molecule has 0 N–H and O–H groups in total. The predicted molar refractivity (Wildman–Crippen MR) is 120 cm³/mol. The molecule has 3 rings (SSSR count). The summed E-state index contributed by atoms with van der Waals surface area (Å²) in [5.74, 6) is 0.202. The molecular weight excluding hydrogens is 459 g/mol. The van der Waals surface area contributed by atoms with Gasteiger partial charge in [0, 0.05) is 38.4 Å². The van der Waals surface area contributed by atoms with Gasteiger partial charge >= 0.3 is 6.18 Å². The molecule has 1 aliphatic rings. The van der Waals surface area contributed by atoms with Crippen LogP contribution >= 0.6 is 0 Å². The van der Waals surface area contributed by atoms with Crippen molar-refractivity contribution in [3.63, 3.8) is 0 Å². The molecule has 1 amide bonds. The average molecular weight is 486 g/mol. The van der Waals surface area contributed by atoms with Crippen LogP contribution in [0.4, 0.5) is 24.5 Å². The number of carbonyl (C=O) groups is 1. The largest absolute Gasteiger partial charge is 0.484 e. The van der Waals surface area contributed by atoms with Crippen LogP contribution in [0.15, 0.2) is 48.5 Å². The Hall–Kier alpha value is -2.95. The number of halogens is 3. The molecule has 2 aromatic carbocycles. The van der Waals surface area contributed by atoms with Gasteiger partial charge in [0.05, 0.1) is 17.5 Å². The maximum Gasteiger partial charge on any atom is 0.416 e. The number of hydrogen-bond donors (Lipinski definition) is 0. The van der Waals surface area contributed by atoms with Crippen LogP contribution in [0.3, 0.4) is 0 Å². The van der Waals surface area contributed by atoms with Crippen LogP contribution in [0.1, 0.15) is 12.5 Å². The number of amides is 1. The Labute approximate surface area is 191 Å². The average Bonchev–Trinajstić information content (AvgIpc) is 2.77. The number of piperazine rings is 1. The number of rotatable bonds is 7. The topological polar surface area (TPSA) is 70.2 Å². The molecule has 2 aromatic rings. The normalized spacial score (nSPS) is 14.8. The number of ether oxygens (including phenoxy) is 1. The van der Waals surface area contributed by atoms with Crippen LogP contribution in [0.2, 0.25) is 0 Å². The summed E-state index contributed by atoms with van der Waals surface area (Å²) in [5, 5.41) is 0. The first-order valence-corrected chi connectivity index (χ1v) is 12.2.